The van der Waals surface area contributed by atoms with Gasteiger partial charge in [-0.05, 0) is 26.0 Å². The molecular weight excluding hydrogens is 240 g/mol. The van der Waals surface area contributed by atoms with Gasteiger partial charge in [0.15, 0.2) is 5.82 Å². The minimum Gasteiger partial charge on any atom is -0.398 e. The van der Waals surface area contributed by atoms with Crippen LogP contribution in [0.4, 0.5) is 5.69 Å². The van der Waals surface area contributed by atoms with Gasteiger partial charge in [0.2, 0.25) is 0 Å². The monoisotopic (exact) mass is 258 g/mol. The van der Waals surface area contributed by atoms with Gasteiger partial charge in [-0.2, -0.15) is 0 Å². The van der Waals surface area contributed by atoms with Gasteiger partial charge in [-0.15, -0.1) is 10.2 Å². The van der Waals surface area contributed by atoms with Crippen molar-refractivity contribution < 1.29 is 4.74 Å². The molecule has 0 radical (unpaired) electrons. The van der Waals surface area contributed by atoms with Crippen LogP contribution < -0.4 is 5.73 Å². The molecule has 2 N–H and O–H groups in total. The van der Waals surface area contributed by atoms with Crippen LogP contribution in [-0.4, -0.2) is 28.0 Å². The Morgan fingerprint density at radius 1 is 1.26 bits per heavy atom. The lowest BCUT2D eigenvalue weighted by molar-refractivity contribution is 0.0843. The number of nitrogen functional groups attached to an aromatic ring is 1. The Hall–Kier alpha value is -1.88. The van der Waals surface area contributed by atoms with Gasteiger partial charge < -0.3 is 15.0 Å². The second-order valence-electron chi connectivity index (χ2n) is 5.48. The number of benzene rings is 1. The maximum Gasteiger partial charge on any atom is 0.166 e. The van der Waals surface area contributed by atoms with E-state index in [0.29, 0.717) is 13.2 Å². The van der Waals surface area contributed by atoms with Crippen molar-refractivity contribution in [1.29, 1.82) is 0 Å². The number of hydrogen-bond acceptors (Lipinski definition) is 4. The molecule has 1 aliphatic heterocycles. The molecule has 0 saturated carbocycles. The van der Waals surface area contributed by atoms with Gasteiger partial charge in [0, 0.05) is 17.7 Å². The van der Waals surface area contributed by atoms with E-state index in [-0.39, 0.29) is 5.54 Å². The molecule has 0 spiro atoms. The standard InChI is InChI=1S/C14H18N4O/c1-14(2)9-19-8-7-12-16-17-13(18(12)14)10-5-3-4-6-11(10)15/h3-6H,7-9,15H2,1-2H3. The van der Waals surface area contributed by atoms with Gasteiger partial charge >= 0.3 is 0 Å². The molecule has 0 atom stereocenters. The van der Waals surface area contributed by atoms with E-state index in [9.17, 15) is 0 Å². The fourth-order valence-corrected chi connectivity index (χ4v) is 2.54. The second kappa shape index (κ2) is 4.35. The van der Waals surface area contributed by atoms with Crippen molar-refractivity contribution in [3.63, 3.8) is 0 Å². The van der Waals surface area contributed by atoms with E-state index in [1.54, 1.807) is 0 Å². The second-order valence-corrected chi connectivity index (χ2v) is 5.48. The number of hydrogen-bond donors (Lipinski definition) is 1. The third-order valence-corrected chi connectivity index (χ3v) is 3.46. The summed E-state index contributed by atoms with van der Waals surface area (Å²) in [5, 5.41) is 8.65. The van der Waals surface area contributed by atoms with Gasteiger partial charge in [0.05, 0.1) is 18.8 Å². The molecule has 0 aliphatic carbocycles. The Morgan fingerprint density at radius 2 is 2.05 bits per heavy atom. The van der Waals surface area contributed by atoms with Crippen molar-refractivity contribution in [3.05, 3.63) is 30.1 Å². The molecule has 0 fully saturated rings. The van der Waals surface area contributed by atoms with Crippen molar-refractivity contribution >= 4 is 5.69 Å². The van der Waals surface area contributed by atoms with Gasteiger partial charge in [-0.25, -0.2) is 0 Å². The molecule has 0 saturated heterocycles. The van der Waals surface area contributed by atoms with Crippen molar-refractivity contribution in [2.75, 3.05) is 18.9 Å². The molecule has 5 nitrogen and oxygen atoms in total. The summed E-state index contributed by atoms with van der Waals surface area (Å²) in [5.41, 5.74) is 7.53. The SMILES string of the molecule is CC1(C)COCCc2nnc(-c3ccccc3N)n21. The number of para-hydroxylation sites is 1. The van der Waals surface area contributed by atoms with E-state index in [4.69, 9.17) is 10.5 Å². The molecule has 100 valence electrons. The molecule has 0 bridgehead atoms. The lowest BCUT2D eigenvalue weighted by Crippen LogP contribution is -2.32. The number of ether oxygens (including phenoxy) is 1. The summed E-state index contributed by atoms with van der Waals surface area (Å²) in [6.45, 7) is 5.60. The highest BCUT2D eigenvalue weighted by Gasteiger charge is 2.30. The van der Waals surface area contributed by atoms with E-state index < -0.39 is 0 Å². The molecule has 1 aliphatic rings. The quantitative estimate of drug-likeness (QED) is 0.793. The number of rotatable bonds is 1. The van der Waals surface area contributed by atoms with Crippen molar-refractivity contribution in [2.24, 2.45) is 0 Å². The Bertz CT molecular complexity index is 603. The number of nitrogens with zero attached hydrogens (tertiary/aromatic N) is 3. The molecule has 2 heterocycles. The Balaban J connectivity index is 2.20. The summed E-state index contributed by atoms with van der Waals surface area (Å²) >= 11 is 0. The maximum atomic E-state index is 6.06. The minimum absolute atomic E-state index is 0.174. The molecule has 1 aromatic heterocycles. The van der Waals surface area contributed by atoms with Crippen molar-refractivity contribution in [1.82, 2.24) is 14.8 Å². The minimum atomic E-state index is -0.174. The first kappa shape index (κ1) is 12.2. The third-order valence-electron chi connectivity index (χ3n) is 3.46. The highest BCUT2D eigenvalue weighted by molar-refractivity contribution is 5.71. The van der Waals surface area contributed by atoms with Crippen LogP contribution in [0.3, 0.4) is 0 Å². The molecule has 1 aromatic carbocycles. The third kappa shape index (κ3) is 2.00. The van der Waals surface area contributed by atoms with Crippen molar-refractivity contribution in [2.45, 2.75) is 25.8 Å². The topological polar surface area (TPSA) is 66.0 Å². The zero-order valence-electron chi connectivity index (χ0n) is 11.3. The Kier molecular flexibility index (Phi) is 2.78. The van der Waals surface area contributed by atoms with E-state index >= 15 is 0 Å². The van der Waals surface area contributed by atoms with E-state index in [1.165, 1.54) is 0 Å². The normalized spacial score (nSPS) is 17.8. The average Bonchev–Trinajstić information content (AvgIpc) is 2.73. The Morgan fingerprint density at radius 3 is 2.84 bits per heavy atom. The number of nitrogens with two attached hydrogens (primary N) is 1. The van der Waals surface area contributed by atoms with Crippen LogP contribution in [0.25, 0.3) is 11.4 Å². The smallest absolute Gasteiger partial charge is 0.166 e. The molecule has 5 heteroatoms. The van der Waals surface area contributed by atoms with Crippen molar-refractivity contribution in [3.8, 4) is 11.4 Å². The number of fused-ring (bicyclic) bond motifs is 1. The Labute approximate surface area is 112 Å². The summed E-state index contributed by atoms with van der Waals surface area (Å²) < 4.78 is 7.81. The molecule has 3 rings (SSSR count). The highest BCUT2D eigenvalue weighted by Crippen LogP contribution is 2.31. The van der Waals surface area contributed by atoms with Gasteiger partial charge in [-0.1, -0.05) is 12.1 Å². The summed E-state index contributed by atoms with van der Waals surface area (Å²) in [7, 11) is 0. The zero-order chi connectivity index (χ0) is 13.5. The summed E-state index contributed by atoms with van der Waals surface area (Å²) in [5.74, 6) is 1.78. The van der Waals surface area contributed by atoms with E-state index in [2.05, 4.69) is 28.6 Å². The van der Waals surface area contributed by atoms with Crippen LogP contribution >= 0.6 is 0 Å². The van der Waals surface area contributed by atoms with Crippen LogP contribution in [0.5, 0.6) is 0 Å². The summed E-state index contributed by atoms with van der Waals surface area (Å²) in [6.07, 6.45) is 0.781. The average molecular weight is 258 g/mol. The molecule has 0 unspecified atom stereocenters. The van der Waals surface area contributed by atoms with Crippen LogP contribution in [-0.2, 0) is 16.7 Å². The fourth-order valence-electron chi connectivity index (χ4n) is 2.54. The first-order chi connectivity index (χ1) is 9.09. The first-order valence-electron chi connectivity index (χ1n) is 6.47. The predicted molar refractivity (Wildman–Crippen MR) is 73.7 cm³/mol. The van der Waals surface area contributed by atoms with E-state index in [0.717, 1.165) is 29.3 Å². The fraction of sp³-hybridized carbons (Fsp3) is 0.429. The largest absolute Gasteiger partial charge is 0.398 e. The van der Waals surface area contributed by atoms with Crippen LogP contribution in [0.1, 0.15) is 19.7 Å². The van der Waals surface area contributed by atoms with Gasteiger partial charge in [0.1, 0.15) is 5.82 Å². The van der Waals surface area contributed by atoms with Gasteiger partial charge in [-0.3, -0.25) is 0 Å². The number of aromatic nitrogens is 3. The maximum absolute atomic E-state index is 6.06. The summed E-state index contributed by atoms with van der Waals surface area (Å²) in [4.78, 5) is 0. The first-order valence-corrected chi connectivity index (χ1v) is 6.47. The summed E-state index contributed by atoms with van der Waals surface area (Å²) in [6, 6.07) is 7.76. The highest BCUT2D eigenvalue weighted by atomic mass is 16.5. The van der Waals surface area contributed by atoms with Crippen LogP contribution in [0, 0.1) is 0 Å². The van der Waals surface area contributed by atoms with Crippen LogP contribution in [0.2, 0.25) is 0 Å². The molecule has 19 heavy (non-hydrogen) atoms. The van der Waals surface area contributed by atoms with Crippen LogP contribution in [0.15, 0.2) is 24.3 Å². The van der Waals surface area contributed by atoms with Gasteiger partial charge in [0.25, 0.3) is 0 Å². The predicted octanol–water partition coefficient (Wildman–Crippen LogP) is 1.84. The molecule has 0 amide bonds. The van der Waals surface area contributed by atoms with E-state index in [1.807, 2.05) is 24.3 Å². The lowest BCUT2D eigenvalue weighted by atomic mass is 10.0. The zero-order valence-corrected chi connectivity index (χ0v) is 11.3. The number of anilines is 1. The molecular formula is C14H18N4O. The molecule has 2 aromatic rings. The lowest BCUT2D eigenvalue weighted by Gasteiger charge is -2.27.